The third-order valence-corrected chi connectivity index (χ3v) is 7.87. The summed E-state index contributed by atoms with van der Waals surface area (Å²) >= 11 is 0. The largest absolute Gasteiger partial charge is 0.481 e. The Morgan fingerprint density at radius 2 is 1.71 bits per heavy atom. The fourth-order valence-corrected chi connectivity index (χ4v) is 5.41. The van der Waals surface area contributed by atoms with E-state index in [0.29, 0.717) is 24.4 Å². The molecular weight excluding hydrogens is 526 g/mol. The molecule has 0 aromatic heterocycles. The van der Waals surface area contributed by atoms with Gasteiger partial charge in [-0.2, -0.15) is 5.26 Å². The van der Waals surface area contributed by atoms with Crippen molar-refractivity contribution in [2.24, 2.45) is 5.92 Å². The molecule has 0 saturated heterocycles. The number of amides is 1. The number of unbranched alkanes of at least 4 members (excludes halogenated alkanes) is 6. The van der Waals surface area contributed by atoms with Gasteiger partial charge in [0, 0.05) is 31.7 Å². The number of allylic oxidation sites excluding steroid dienone is 2. The number of benzene rings is 1. The third-order valence-electron chi connectivity index (χ3n) is 7.87. The molecule has 1 N–H and O–H groups in total. The average Bonchev–Trinajstić information content (AvgIpc) is 3.27. The monoisotopic (exact) mass is 571 g/mol. The molecule has 2 rings (SSSR count). The van der Waals surface area contributed by atoms with Gasteiger partial charge in [-0.3, -0.25) is 9.59 Å². The van der Waals surface area contributed by atoms with Gasteiger partial charge < -0.3 is 14.9 Å². The molecule has 0 radical (unpaired) electrons. The fourth-order valence-electron chi connectivity index (χ4n) is 5.41. The Kier molecular flexibility index (Phi) is 14.9. The number of carboxylic acid groups (broad SMARTS) is 1. The van der Waals surface area contributed by atoms with Gasteiger partial charge in [0.25, 0.3) is 11.6 Å². The Balaban J connectivity index is 2.39. The molecule has 8 heteroatoms. The Labute approximate surface area is 251 Å². The van der Waals surface area contributed by atoms with Crippen LogP contribution < -0.4 is 4.90 Å². The third kappa shape index (κ3) is 9.49. The number of rotatable bonds is 19. The highest BCUT2D eigenvalue weighted by molar-refractivity contribution is 6.25. The van der Waals surface area contributed by atoms with E-state index in [0.717, 1.165) is 76.6 Å². The van der Waals surface area contributed by atoms with Gasteiger partial charge in [0.1, 0.15) is 6.07 Å². The highest BCUT2D eigenvalue weighted by Gasteiger charge is 2.37. The lowest BCUT2D eigenvalue weighted by atomic mass is 9.97. The molecule has 1 heterocycles. The summed E-state index contributed by atoms with van der Waals surface area (Å²) in [6.45, 7) is 16.1. The number of carboxylic acids is 1. The second kappa shape index (κ2) is 18.4. The number of anilines is 1. The zero-order valence-electron chi connectivity index (χ0n) is 25.5. The van der Waals surface area contributed by atoms with Crippen LogP contribution in [0.4, 0.5) is 5.69 Å². The number of nitriles is 2. The highest BCUT2D eigenvalue weighted by atomic mass is 16.4. The molecule has 1 atom stereocenters. The molecule has 8 nitrogen and oxygen atoms in total. The van der Waals surface area contributed by atoms with Gasteiger partial charge in [-0.25, -0.2) is 10.1 Å². The summed E-state index contributed by atoms with van der Waals surface area (Å²) < 4.78 is 0. The lowest BCUT2D eigenvalue weighted by molar-refractivity contribution is -0.137. The average molecular weight is 572 g/mol. The highest BCUT2D eigenvalue weighted by Crippen LogP contribution is 2.38. The normalized spacial score (nSPS) is 14.8. The molecule has 1 aliphatic heterocycles. The summed E-state index contributed by atoms with van der Waals surface area (Å²) in [5, 5.41) is 28.7. The number of carbonyl (C=O) groups is 2. The molecule has 0 saturated carbocycles. The summed E-state index contributed by atoms with van der Waals surface area (Å²) in [4.78, 5) is 31.7. The number of carbonyl (C=O) groups excluding carboxylic acids is 1. The molecule has 1 aromatic rings. The molecule has 42 heavy (non-hydrogen) atoms. The maximum Gasteiger partial charge on any atom is 0.303 e. The molecule has 0 fully saturated rings. The summed E-state index contributed by atoms with van der Waals surface area (Å²) in [6.07, 6.45) is 10.8. The first-order valence-electron chi connectivity index (χ1n) is 15.4. The molecule has 224 valence electrons. The Morgan fingerprint density at radius 1 is 1.02 bits per heavy atom. The first-order valence-corrected chi connectivity index (χ1v) is 15.4. The van der Waals surface area contributed by atoms with Gasteiger partial charge in [-0.05, 0) is 49.3 Å². The summed E-state index contributed by atoms with van der Waals surface area (Å²) in [6, 6.07) is 11.7. The topological polar surface area (TPSA) is 113 Å². The van der Waals surface area contributed by atoms with Crippen molar-refractivity contribution in [3.8, 4) is 12.1 Å². The van der Waals surface area contributed by atoms with Crippen molar-refractivity contribution in [3.05, 3.63) is 58.2 Å². The van der Waals surface area contributed by atoms with Crippen molar-refractivity contribution in [2.75, 3.05) is 24.5 Å². The van der Waals surface area contributed by atoms with E-state index in [1.54, 1.807) is 0 Å². The molecule has 0 aliphatic carbocycles. The van der Waals surface area contributed by atoms with Gasteiger partial charge in [0.05, 0.1) is 29.5 Å². The second-order valence-corrected chi connectivity index (χ2v) is 10.9. The van der Waals surface area contributed by atoms with E-state index in [-0.39, 0.29) is 34.9 Å². The Morgan fingerprint density at radius 3 is 2.29 bits per heavy atom. The molecule has 0 bridgehead atoms. The zero-order chi connectivity index (χ0) is 30.9. The number of hydrogen-bond acceptors (Lipinski definition) is 5. The summed E-state index contributed by atoms with van der Waals surface area (Å²) in [5.74, 6) is -0.570. The van der Waals surface area contributed by atoms with Crippen molar-refractivity contribution in [1.82, 2.24) is 4.90 Å². The van der Waals surface area contributed by atoms with Crippen LogP contribution in [0.15, 0.2) is 41.2 Å². The van der Waals surface area contributed by atoms with Crippen LogP contribution in [-0.2, 0) is 9.59 Å². The number of hydrogen-bond donors (Lipinski definition) is 1. The van der Waals surface area contributed by atoms with E-state index in [1.807, 2.05) is 30.3 Å². The van der Waals surface area contributed by atoms with Crippen molar-refractivity contribution in [2.45, 2.75) is 97.8 Å². The van der Waals surface area contributed by atoms with Gasteiger partial charge in [0.15, 0.2) is 0 Å². The first kappa shape index (κ1) is 34.1. The number of aliphatic carboxylic acids is 1. The predicted octanol–water partition coefficient (Wildman–Crippen LogP) is 7.71. The molecule has 0 spiro atoms. The van der Waals surface area contributed by atoms with Crippen LogP contribution in [-0.4, -0.2) is 41.5 Å². The standard InChI is InChI=1S/C34H45N5O3/c1-5-8-10-14-22-39-33(30(24-36)37-4)29(23-35)32(34(39)42)27-17-19-28(20-18-27)38(21-13-11-12-16-31(40)41)25-26(7-3)15-9-6-2/h17-20,26H,5-16,21-22,25H2,1-3H3,(H,40,41)/b33-30+. The maximum atomic E-state index is 13.7. The first-order chi connectivity index (χ1) is 20.4. The lowest BCUT2D eigenvalue weighted by Crippen LogP contribution is -2.30. The number of nitrogens with zero attached hydrogens (tertiary/aromatic N) is 5. The van der Waals surface area contributed by atoms with E-state index >= 15 is 0 Å². The van der Waals surface area contributed by atoms with Crippen LogP contribution in [0.1, 0.15) is 103 Å². The van der Waals surface area contributed by atoms with Crippen LogP contribution >= 0.6 is 0 Å². The molecule has 1 aromatic carbocycles. The Bertz CT molecular complexity index is 1230. The summed E-state index contributed by atoms with van der Waals surface area (Å²) in [5.41, 5.74) is 1.81. The van der Waals surface area contributed by atoms with Gasteiger partial charge in [-0.15, -0.1) is 0 Å². The van der Waals surface area contributed by atoms with Crippen molar-refractivity contribution < 1.29 is 14.7 Å². The Hall–Kier alpha value is -4.09. The van der Waals surface area contributed by atoms with Gasteiger partial charge >= 0.3 is 5.97 Å². The van der Waals surface area contributed by atoms with Gasteiger partial charge in [-0.1, -0.05) is 77.8 Å². The SMILES string of the molecule is [C-]#[N+]/C(C#N)=C1\C(C#N)=C(c2ccc(N(CCCCCC(=O)O)CC(CC)CCCC)cc2)C(=O)N1CCCCCC. The minimum Gasteiger partial charge on any atom is -0.481 e. The van der Waals surface area contributed by atoms with Crippen molar-refractivity contribution in [3.63, 3.8) is 0 Å². The van der Waals surface area contributed by atoms with E-state index in [2.05, 4.69) is 36.6 Å². The minimum atomic E-state index is -0.767. The quantitative estimate of drug-likeness (QED) is 0.103. The maximum absolute atomic E-state index is 13.7. The molecule has 1 unspecified atom stereocenters. The molecular formula is C34H45N5O3. The van der Waals surface area contributed by atoms with Crippen LogP contribution in [0.3, 0.4) is 0 Å². The summed E-state index contributed by atoms with van der Waals surface area (Å²) in [7, 11) is 0. The predicted molar refractivity (Wildman–Crippen MR) is 166 cm³/mol. The van der Waals surface area contributed by atoms with Crippen LogP contribution in [0.2, 0.25) is 0 Å². The van der Waals surface area contributed by atoms with E-state index in [1.165, 1.54) is 11.3 Å². The van der Waals surface area contributed by atoms with E-state index < -0.39 is 5.97 Å². The van der Waals surface area contributed by atoms with E-state index in [4.69, 9.17) is 11.7 Å². The second-order valence-electron chi connectivity index (χ2n) is 10.9. The zero-order valence-corrected chi connectivity index (χ0v) is 25.5. The van der Waals surface area contributed by atoms with E-state index in [9.17, 15) is 20.1 Å². The van der Waals surface area contributed by atoms with Crippen molar-refractivity contribution >= 4 is 23.1 Å². The molecule has 1 aliphatic rings. The van der Waals surface area contributed by atoms with Gasteiger partial charge in [0.2, 0.25) is 0 Å². The van der Waals surface area contributed by atoms with Crippen molar-refractivity contribution in [1.29, 1.82) is 10.5 Å². The lowest BCUT2D eigenvalue weighted by Gasteiger charge is -2.29. The smallest absolute Gasteiger partial charge is 0.303 e. The van der Waals surface area contributed by atoms with Crippen LogP contribution in [0.5, 0.6) is 0 Å². The van der Waals surface area contributed by atoms with Crippen LogP contribution in [0, 0.1) is 35.2 Å². The van der Waals surface area contributed by atoms with Crippen LogP contribution in [0.25, 0.3) is 10.4 Å². The molecule has 1 amide bonds. The minimum absolute atomic E-state index is 0.0803. The fraction of sp³-hybridized carbons (Fsp3) is 0.559.